The molecule has 0 amide bonds. The summed E-state index contributed by atoms with van der Waals surface area (Å²) < 4.78 is 11.7. The van der Waals surface area contributed by atoms with E-state index >= 15 is 0 Å². The van der Waals surface area contributed by atoms with Gasteiger partial charge in [-0.2, -0.15) is 0 Å². The van der Waals surface area contributed by atoms with Crippen LogP contribution >= 0.6 is 0 Å². The first-order valence-corrected chi connectivity index (χ1v) is 8.18. The van der Waals surface area contributed by atoms with E-state index in [4.69, 9.17) is 9.47 Å². The van der Waals surface area contributed by atoms with Gasteiger partial charge in [0.1, 0.15) is 0 Å². The Balaban J connectivity index is 2.13. The first kappa shape index (κ1) is 17.7. The standard InChI is InChI=1S/C18H33O2/c1-14(2)7-6-10-19-11-12-20-18-13-16(5)8-9-17(18)15(3)4/h7,14,16-18H,3,6,8-13H2,1-2,4-5H3. The Hall–Kier alpha value is -0.340. The number of ether oxygens (including phenoxy) is 2. The van der Waals surface area contributed by atoms with Crippen molar-refractivity contribution in [2.45, 2.75) is 59.5 Å². The molecule has 1 fully saturated rings. The predicted octanol–water partition coefficient (Wildman–Crippen LogP) is 4.65. The fraction of sp³-hybridized carbons (Fsp3) is 0.833. The SMILES string of the molecule is C=C(C)C1CCC(C)CC1OCCOCC[CH]C(C)C. The van der Waals surface area contributed by atoms with Crippen LogP contribution in [0.15, 0.2) is 12.2 Å². The molecule has 0 aromatic rings. The van der Waals surface area contributed by atoms with Gasteiger partial charge in [-0.3, -0.25) is 0 Å². The van der Waals surface area contributed by atoms with Crippen molar-refractivity contribution < 1.29 is 9.47 Å². The molecule has 2 heteroatoms. The normalized spacial score (nSPS) is 26.9. The van der Waals surface area contributed by atoms with Gasteiger partial charge in [-0.15, -0.1) is 0 Å². The molecule has 0 saturated heterocycles. The fourth-order valence-corrected chi connectivity index (χ4v) is 2.92. The Kier molecular flexibility index (Phi) is 8.47. The van der Waals surface area contributed by atoms with Gasteiger partial charge in [-0.05, 0) is 50.9 Å². The first-order chi connectivity index (χ1) is 9.50. The highest BCUT2D eigenvalue weighted by Gasteiger charge is 2.29. The van der Waals surface area contributed by atoms with Gasteiger partial charge in [-0.25, -0.2) is 0 Å². The van der Waals surface area contributed by atoms with E-state index < -0.39 is 0 Å². The van der Waals surface area contributed by atoms with Crippen molar-refractivity contribution >= 4 is 0 Å². The molecular formula is C18H33O2. The summed E-state index contributed by atoms with van der Waals surface area (Å²) in [5, 5.41) is 0. The van der Waals surface area contributed by atoms with Gasteiger partial charge >= 0.3 is 0 Å². The van der Waals surface area contributed by atoms with Gasteiger partial charge in [0.25, 0.3) is 0 Å². The highest BCUT2D eigenvalue weighted by atomic mass is 16.5. The molecule has 1 saturated carbocycles. The van der Waals surface area contributed by atoms with E-state index in [9.17, 15) is 0 Å². The van der Waals surface area contributed by atoms with Gasteiger partial charge in [-0.1, -0.05) is 32.9 Å². The van der Waals surface area contributed by atoms with Gasteiger partial charge in [0.05, 0.1) is 19.3 Å². The Morgan fingerprint density at radius 3 is 2.65 bits per heavy atom. The third kappa shape index (κ3) is 6.90. The van der Waals surface area contributed by atoms with Crippen molar-refractivity contribution in [3.63, 3.8) is 0 Å². The van der Waals surface area contributed by atoms with Crippen molar-refractivity contribution in [2.24, 2.45) is 17.8 Å². The van der Waals surface area contributed by atoms with E-state index in [0.717, 1.165) is 18.9 Å². The van der Waals surface area contributed by atoms with Crippen molar-refractivity contribution in [1.29, 1.82) is 0 Å². The molecule has 0 bridgehead atoms. The molecule has 0 aromatic heterocycles. The molecule has 0 N–H and O–H groups in total. The van der Waals surface area contributed by atoms with Crippen LogP contribution in [-0.4, -0.2) is 25.9 Å². The monoisotopic (exact) mass is 281 g/mol. The van der Waals surface area contributed by atoms with E-state index in [1.807, 2.05) is 0 Å². The molecule has 1 rings (SSSR count). The zero-order valence-electron chi connectivity index (χ0n) is 13.9. The van der Waals surface area contributed by atoms with Crippen molar-refractivity contribution in [1.82, 2.24) is 0 Å². The van der Waals surface area contributed by atoms with Crippen LogP contribution in [0, 0.1) is 24.2 Å². The molecule has 1 radical (unpaired) electrons. The Labute approximate surface area is 125 Å². The number of hydrogen-bond acceptors (Lipinski definition) is 2. The first-order valence-electron chi connectivity index (χ1n) is 8.18. The van der Waals surface area contributed by atoms with E-state index in [1.54, 1.807) is 0 Å². The second-order valence-electron chi connectivity index (χ2n) is 6.66. The zero-order valence-corrected chi connectivity index (χ0v) is 13.9. The molecule has 3 unspecified atom stereocenters. The topological polar surface area (TPSA) is 18.5 Å². The molecule has 117 valence electrons. The van der Waals surface area contributed by atoms with E-state index in [-0.39, 0.29) is 0 Å². The lowest BCUT2D eigenvalue weighted by atomic mass is 9.78. The van der Waals surface area contributed by atoms with Crippen LogP contribution in [0.5, 0.6) is 0 Å². The van der Waals surface area contributed by atoms with Crippen LogP contribution in [-0.2, 0) is 9.47 Å². The Morgan fingerprint density at radius 2 is 2.00 bits per heavy atom. The summed E-state index contributed by atoms with van der Waals surface area (Å²) in [7, 11) is 0. The molecule has 0 aliphatic heterocycles. The fourth-order valence-electron chi connectivity index (χ4n) is 2.92. The third-order valence-corrected chi connectivity index (χ3v) is 4.15. The minimum atomic E-state index is 0.349. The quantitative estimate of drug-likeness (QED) is 0.452. The Bertz CT molecular complexity index is 273. The highest BCUT2D eigenvalue weighted by Crippen LogP contribution is 2.34. The summed E-state index contributed by atoms with van der Waals surface area (Å²) in [6.07, 6.45) is 7.37. The van der Waals surface area contributed by atoms with Gasteiger partial charge < -0.3 is 9.47 Å². The maximum atomic E-state index is 6.06. The van der Waals surface area contributed by atoms with E-state index in [1.165, 1.54) is 24.8 Å². The molecular weight excluding hydrogens is 248 g/mol. The Morgan fingerprint density at radius 1 is 1.25 bits per heavy atom. The maximum Gasteiger partial charge on any atom is 0.0704 e. The van der Waals surface area contributed by atoms with Gasteiger partial charge in [0.15, 0.2) is 0 Å². The van der Waals surface area contributed by atoms with E-state index in [0.29, 0.717) is 31.2 Å². The molecule has 0 heterocycles. The zero-order chi connectivity index (χ0) is 15.0. The van der Waals surface area contributed by atoms with Crippen molar-refractivity contribution in [3.05, 3.63) is 18.6 Å². The summed E-state index contributed by atoms with van der Waals surface area (Å²) >= 11 is 0. The summed E-state index contributed by atoms with van der Waals surface area (Å²) in [5.74, 6) is 1.97. The van der Waals surface area contributed by atoms with Crippen LogP contribution in [0.2, 0.25) is 0 Å². The maximum absolute atomic E-state index is 6.06. The van der Waals surface area contributed by atoms with Crippen LogP contribution in [0.25, 0.3) is 0 Å². The average Bonchev–Trinajstić information content (AvgIpc) is 2.37. The molecule has 2 nitrogen and oxygen atoms in total. The number of hydrogen-bond donors (Lipinski definition) is 0. The van der Waals surface area contributed by atoms with Crippen LogP contribution in [0.1, 0.15) is 53.4 Å². The lowest BCUT2D eigenvalue weighted by molar-refractivity contribution is -0.0382. The number of rotatable bonds is 9. The summed E-state index contributed by atoms with van der Waals surface area (Å²) in [6.45, 7) is 15.2. The van der Waals surface area contributed by atoms with Crippen molar-refractivity contribution in [2.75, 3.05) is 19.8 Å². The van der Waals surface area contributed by atoms with Crippen LogP contribution in [0.4, 0.5) is 0 Å². The summed E-state index contributed by atoms with van der Waals surface area (Å²) in [6, 6.07) is 0. The van der Waals surface area contributed by atoms with Crippen molar-refractivity contribution in [3.8, 4) is 0 Å². The smallest absolute Gasteiger partial charge is 0.0704 e. The second kappa shape index (κ2) is 9.57. The molecule has 1 aliphatic rings. The largest absolute Gasteiger partial charge is 0.379 e. The highest BCUT2D eigenvalue weighted by molar-refractivity contribution is 5.02. The summed E-state index contributed by atoms with van der Waals surface area (Å²) in [4.78, 5) is 0. The summed E-state index contributed by atoms with van der Waals surface area (Å²) in [5.41, 5.74) is 1.27. The van der Waals surface area contributed by atoms with Crippen LogP contribution < -0.4 is 0 Å². The lowest BCUT2D eigenvalue weighted by Gasteiger charge is -2.35. The second-order valence-corrected chi connectivity index (χ2v) is 6.66. The van der Waals surface area contributed by atoms with Gasteiger partial charge in [0, 0.05) is 12.5 Å². The molecule has 0 spiro atoms. The predicted molar refractivity (Wildman–Crippen MR) is 85.6 cm³/mol. The van der Waals surface area contributed by atoms with Crippen LogP contribution in [0.3, 0.4) is 0 Å². The molecule has 0 aromatic carbocycles. The molecule has 3 atom stereocenters. The van der Waals surface area contributed by atoms with Gasteiger partial charge in [0.2, 0.25) is 0 Å². The third-order valence-electron chi connectivity index (χ3n) is 4.15. The molecule has 1 aliphatic carbocycles. The average molecular weight is 281 g/mol. The minimum absolute atomic E-state index is 0.349. The minimum Gasteiger partial charge on any atom is -0.379 e. The lowest BCUT2D eigenvalue weighted by Crippen LogP contribution is -2.32. The van der Waals surface area contributed by atoms with E-state index in [2.05, 4.69) is 40.7 Å². The molecule has 20 heavy (non-hydrogen) atoms.